The third kappa shape index (κ3) is 46100. The van der Waals surface area contributed by atoms with E-state index < -0.39 is 23.8 Å². The maximum absolute atomic E-state index is 8.82. The minimum absolute atomic E-state index is 4.67. The van der Waals surface area contributed by atoms with Crippen molar-refractivity contribution in [2.24, 2.45) is 0 Å². The van der Waals surface area contributed by atoms with Crippen molar-refractivity contribution in [3.8, 4) is 0 Å². The van der Waals surface area contributed by atoms with E-state index in [1.165, 1.54) is 0 Å². The summed E-state index contributed by atoms with van der Waals surface area (Å²) in [6, 6.07) is 0. The molecule has 0 aromatic rings. The van der Waals surface area contributed by atoms with Crippen molar-refractivity contribution in [1.82, 2.24) is 0 Å². The second-order valence-electron chi connectivity index (χ2n) is 0.896. The van der Waals surface area contributed by atoms with E-state index >= 15 is 0 Å². The maximum atomic E-state index is 8.82. The Morgan fingerprint density at radius 2 is 1.00 bits per heavy atom. The van der Waals surface area contributed by atoms with Crippen LogP contribution in [0.5, 0.6) is 0 Å². The standard InChI is InChI=1S/H2O4S.H2O4Se/c2*1-5(2,3)4/h2*(H2,1,2,3,4). The molecule has 0 aliphatic carbocycles. The third-order valence-electron chi connectivity index (χ3n) is 0. The zero-order valence-corrected chi connectivity index (χ0v) is 6.77. The van der Waals surface area contributed by atoms with Crippen LogP contribution < -0.4 is 0 Å². The summed E-state index contributed by atoms with van der Waals surface area (Å²) in [4.78, 5) is 0. The molecule has 0 fully saturated rings. The van der Waals surface area contributed by atoms with Crippen LogP contribution in [0.1, 0.15) is 0 Å². The molecule has 0 spiro atoms. The van der Waals surface area contributed by atoms with Gasteiger partial charge in [-0.25, -0.2) is 0 Å². The zero-order chi connectivity index (χ0) is 9.00. The minimum atomic E-state index is -5.25. The molecule has 64 valence electrons. The summed E-state index contributed by atoms with van der Waals surface area (Å²) in [6.07, 6.45) is 0. The molecule has 4 N–H and O–H groups in total. The molecule has 0 unspecified atom stereocenters. The predicted octanol–water partition coefficient (Wildman–Crippen LogP) is -2.39. The molecule has 0 rings (SSSR count). The molecule has 10 heteroatoms. The van der Waals surface area contributed by atoms with E-state index in [0.29, 0.717) is 0 Å². The molecule has 0 aliphatic rings. The van der Waals surface area contributed by atoms with Crippen molar-refractivity contribution in [3.05, 3.63) is 0 Å². The van der Waals surface area contributed by atoms with Crippen molar-refractivity contribution in [3.63, 3.8) is 0 Å². The van der Waals surface area contributed by atoms with Crippen LogP contribution in [0.2, 0.25) is 0 Å². The molecule has 0 heterocycles. The van der Waals surface area contributed by atoms with Gasteiger partial charge in [0, 0.05) is 0 Å². The van der Waals surface area contributed by atoms with Gasteiger partial charge in [-0.3, -0.25) is 9.11 Å². The van der Waals surface area contributed by atoms with Crippen molar-refractivity contribution in [1.29, 1.82) is 0 Å². The van der Waals surface area contributed by atoms with Crippen LogP contribution in [-0.4, -0.2) is 39.3 Å². The van der Waals surface area contributed by atoms with E-state index in [1.54, 1.807) is 0 Å². The summed E-state index contributed by atoms with van der Waals surface area (Å²) in [5.74, 6) is 0. The molecule has 0 saturated heterocycles. The summed E-state index contributed by atoms with van der Waals surface area (Å²) in [6.45, 7) is 0. The van der Waals surface area contributed by atoms with Crippen molar-refractivity contribution < 1.29 is 33.6 Å². The van der Waals surface area contributed by atoms with E-state index in [9.17, 15) is 0 Å². The van der Waals surface area contributed by atoms with Crippen molar-refractivity contribution in [2.75, 3.05) is 0 Å². The number of rotatable bonds is 0. The third-order valence-corrected chi connectivity index (χ3v) is 0. The van der Waals surface area contributed by atoms with Crippen LogP contribution in [0.25, 0.3) is 0 Å². The van der Waals surface area contributed by atoms with Gasteiger partial charge < -0.3 is 0 Å². The SMILES string of the molecule is O=S(=O)(O)O.O=[Se](=O)(O)O. The van der Waals surface area contributed by atoms with Gasteiger partial charge in [-0.05, 0) is 0 Å². The molecule has 0 saturated carbocycles. The van der Waals surface area contributed by atoms with Gasteiger partial charge in [0.05, 0.1) is 0 Å². The Hall–Kier alpha value is -0.0905. The quantitative estimate of drug-likeness (QED) is 0.272. The summed E-state index contributed by atoms with van der Waals surface area (Å²) < 4.78 is 63.5. The van der Waals surface area contributed by atoms with Gasteiger partial charge in [0.25, 0.3) is 0 Å². The molecular weight excluding hydrogens is 239 g/mol. The summed E-state index contributed by atoms with van der Waals surface area (Å²) in [7, 11) is -4.67. The normalized spacial score (nSPS) is 11.6. The Morgan fingerprint density at radius 1 is 1.00 bits per heavy atom. The van der Waals surface area contributed by atoms with Gasteiger partial charge >= 0.3 is 39.8 Å². The van der Waals surface area contributed by atoms with E-state index in [1.807, 2.05) is 0 Å². The second kappa shape index (κ2) is 3.93. The van der Waals surface area contributed by atoms with Crippen LogP contribution in [0, 0.1) is 0 Å². The van der Waals surface area contributed by atoms with Gasteiger partial charge in [0.1, 0.15) is 0 Å². The van der Waals surface area contributed by atoms with E-state index in [2.05, 4.69) is 0 Å². The summed E-state index contributed by atoms with van der Waals surface area (Å²) in [5, 5.41) is 0. The van der Waals surface area contributed by atoms with Gasteiger partial charge in [-0.2, -0.15) is 8.42 Å². The monoisotopic (exact) mass is 244 g/mol. The van der Waals surface area contributed by atoms with Crippen molar-refractivity contribution in [2.45, 2.75) is 0 Å². The van der Waals surface area contributed by atoms with Gasteiger partial charge in [-0.1, -0.05) is 0 Å². The molecule has 0 aliphatic heterocycles. The Morgan fingerprint density at radius 3 is 1.00 bits per heavy atom. The van der Waals surface area contributed by atoms with E-state index in [4.69, 9.17) is 33.6 Å². The zero-order valence-electron chi connectivity index (χ0n) is 4.24. The fourth-order valence-corrected chi connectivity index (χ4v) is 0. The summed E-state index contributed by atoms with van der Waals surface area (Å²) >= 11 is -5.25. The average molecular weight is 243 g/mol. The first-order valence-corrected chi connectivity index (χ1v) is 5.72. The Labute approximate surface area is 58.0 Å². The topological polar surface area (TPSA) is 149 Å². The molecule has 0 radical (unpaired) electrons. The first kappa shape index (κ1) is 12.6. The Bertz CT molecular complexity index is 206. The van der Waals surface area contributed by atoms with Gasteiger partial charge in [0.15, 0.2) is 0 Å². The first-order valence-electron chi connectivity index (χ1n) is 1.40. The van der Waals surface area contributed by atoms with Crippen LogP contribution >= 0.6 is 0 Å². The van der Waals surface area contributed by atoms with Crippen LogP contribution in [0.3, 0.4) is 0 Å². The molecule has 0 bridgehead atoms. The second-order valence-corrected chi connectivity index (χ2v) is 3.67. The average Bonchev–Trinajstić information content (AvgIpc) is 1.12. The fourth-order valence-electron chi connectivity index (χ4n) is 0. The molecule has 0 amide bonds. The van der Waals surface area contributed by atoms with Crippen LogP contribution in [0.4, 0.5) is 0 Å². The summed E-state index contributed by atoms with van der Waals surface area (Å²) in [5.41, 5.74) is 0. The Balaban J connectivity index is 0. The molecule has 0 aromatic carbocycles. The predicted molar refractivity (Wildman–Crippen MR) is 25.7 cm³/mol. The van der Waals surface area contributed by atoms with Crippen LogP contribution in [0.15, 0.2) is 0 Å². The van der Waals surface area contributed by atoms with E-state index in [0.717, 1.165) is 0 Å². The molecule has 8 nitrogen and oxygen atoms in total. The number of hydrogen-bond acceptors (Lipinski definition) is 4. The molecule has 10 heavy (non-hydrogen) atoms. The molecule has 0 aromatic heterocycles. The number of hydrogen-bond donors (Lipinski definition) is 4. The fraction of sp³-hybridized carbons (Fsp3) is 0. The van der Waals surface area contributed by atoms with Crippen molar-refractivity contribution >= 4 is 23.8 Å². The van der Waals surface area contributed by atoms with E-state index in [-0.39, 0.29) is 0 Å². The van der Waals surface area contributed by atoms with Gasteiger partial charge in [0.2, 0.25) is 0 Å². The Kier molecular flexibility index (Phi) is 4.94. The first-order chi connectivity index (χ1) is 4.00. The van der Waals surface area contributed by atoms with Gasteiger partial charge in [-0.15, -0.1) is 0 Å². The molecule has 0 atom stereocenters. The van der Waals surface area contributed by atoms with Crippen LogP contribution in [-0.2, 0) is 18.1 Å². The molecular formula is H4O8SSe.